The van der Waals surface area contributed by atoms with Crippen LogP contribution in [0.2, 0.25) is 0 Å². The summed E-state index contributed by atoms with van der Waals surface area (Å²) in [5.41, 5.74) is 1.90. The van der Waals surface area contributed by atoms with E-state index in [9.17, 15) is 4.79 Å². The summed E-state index contributed by atoms with van der Waals surface area (Å²) in [6, 6.07) is 17.3. The lowest BCUT2D eigenvalue weighted by atomic mass is 10.1. The van der Waals surface area contributed by atoms with E-state index in [1.54, 1.807) is 19.2 Å². The van der Waals surface area contributed by atoms with Crippen LogP contribution >= 0.6 is 0 Å². The maximum Gasteiger partial charge on any atom is 0.251 e. The molecule has 0 saturated heterocycles. The Bertz CT molecular complexity index is 736. The third-order valence-corrected chi connectivity index (χ3v) is 4.17. The number of ether oxygens (including phenoxy) is 1. The molecule has 26 heavy (non-hydrogen) atoms. The van der Waals surface area contributed by atoms with Crippen LogP contribution in [-0.2, 0) is 6.42 Å². The minimum atomic E-state index is -0.0764. The molecule has 6 nitrogen and oxygen atoms in total. The van der Waals surface area contributed by atoms with Gasteiger partial charge in [-0.05, 0) is 23.8 Å². The molecule has 3 N–H and O–H groups in total. The highest BCUT2D eigenvalue weighted by Crippen LogP contribution is 2.27. The quantitative estimate of drug-likeness (QED) is 0.419. The number of fused-ring (bicyclic) bond motifs is 1. The fourth-order valence-electron chi connectivity index (χ4n) is 2.85. The van der Waals surface area contributed by atoms with Crippen LogP contribution in [0.25, 0.3) is 0 Å². The van der Waals surface area contributed by atoms with Crippen LogP contribution in [0, 0.1) is 0 Å². The number of para-hydroxylation sites is 1. The van der Waals surface area contributed by atoms with Gasteiger partial charge in [0, 0.05) is 32.1 Å². The maximum absolute atomic E-state index is 12.0. The number of amides is 1. The fourth-order valence-corrected chi connectivity index (χ4v) is 2.85. The molecule has 0 saturated carbocycles. The van der Waals surface area contributed by atoms with Crippen LogP contribution in [0.5, 0.6) is 5.75 Å². The minimum absolute atomic E-state index is 0.0764. The molecule has 1 aliphatic rings. The number of hydrogen-bond acceptors (Lipinski definition) is 3. The van der Waals surface area contributed by atoms with Gasteiger partial charge in [-0.2, -0.15) is 0 Å². The number of carbonyl (C=O) groups is 1. The summed E-state index contributed by atoms with van der Waals surface area (Å²) in [6.07, 6.45) is 0.997. The molecule has 6 heteroatoms. The van der Waals surface area contributed by atoms with Gasteiger partial charge in [0.1, 0.15) is 11.9 Å². The number of benzene rings is 2. The Balaban J connectivity index is 1.35. The number of aliphatic imine (C=N–C) groups is 1. The Morgan fingerprint density at radius 3 is 2.54 bits per heavy atom. The first-order chi connectivity index (χ1) is 12.8. The summed E-state index contributed by atoms with van der Waals surface area (Å²) in [4.78, 5) is 16.2. The SMILES string of the molecule is CN=C(NCCNC(=O)c1ccccc1)NCC1Cc2ccccc2O1. The first kappa shape index (κ1) is 17.8. The van der Waals surface area contributed by atoms with Gasteiger partial charge in [-0.15, -0.1) is 0 Å². The van der Waals surface area contributed by atoms with E-state index in [4.69, 9.17) is 4.74 Å². The first-order valence-corrected chi connectivity index (χ1v) is 8.78. The summed E-state index contributed by atoms with van der Waals surface area (Å²) in [5.74, 6) is 1.58. The lowest BCUT2D eigenvalue weighted by molar-refractivity contribution is 0.0954. The van der Waals surface area contributed by atoms with Crippen LogP contribution in [0.1, 0.15) is 15.9 Å². The first-order valence-electron chi connectivity index (χ1n) is 8.78. The lowest BCUT2D eigenvalue weighted by Crippen LogP contribution is -2.44. The molecule has 1 aliphatic heterocycles. The molecule has 0 aliphatic carbocycles. The van der Waals surface area contributed by atoms with Crippen molar-refractivity contribution in [1.29, 1.82) is 0 Å². The highest BCUT2D eigenvalue weighted by molar-refractivity contribution is 5.94. The molecule has 0 fully saturated rings. The molecule has 0 aromatic heterocycles. The van der Waals surface area contributed by atoms with Gasteiger partial charge in [0.15, 0.2) is 5.96 Å². The van der Waals surface area contributed by atoms with Crippen molar-refractivity contribution in [3.05, 3.63) is 65.7 Å². The van der Waals surface area contributed by atoms with Crippen LogP contribution in [0.4, 0.5) is 0 Å². The van der Waals surface area contributed by atoms with Crippen LogP contribution < -0.4 is 20.7 Å². The zero-order valence-electron chi connectivity index (χ0n) is 14.9. The average molecular weight is 352 g/mol. The molecule has 3 rings (SSSR count). The predicted molar refractivity (Wildman–Crippen MR) is 103 cm³/mol. The molecule has 1 heterocycles. The molecular weight excluding hydrogens is 328 g/mol. The number of rotatable bonds is 6. The van der Waals surface area contributed by atoms with Crippen molar-refractivity contribution in [1.82, 2.24) is 16.0 Å². The van der Waals surface area contributed by atoms with Gasteiger partial charge < -0.3 is 20.7 Å². The van der Waals surface area contributed by atoms with Gasteiger partial charge in [0.2, 0.25) is 0 Å². The van der Waals surface area contributed by atoms with Gasteiger partial charge in [-0.1, -0.05) is 36.4 Å². The molecule has 0 bridgehead atoms. The monoisotopic (exact) mass is 352 g/mol. The number of guanidine groups is 1. The average Bonchev–Trinajstić information content (AvgIpc) is 3.11. The standard InChI is InChI=1S/C20H24N4O2/c1-21-20(23-12-11-22-19(25)15-7-3-2-4-8-15)24-14-17-13-16-9-5-6-10-18(16)26-17/h2-10,17H,11-14H2,1H3,(H,22,25)(H2,21,23,24). The lowest BCUT2D eigenvalue weighted by Gasteiger charge is -2.15. The third kappa shape index (κ3) is 4.75. The van der Waals surface area contributed by atoms with E-state index in [0.717, 1.165) is 12.2 Å². The number of hydrogen-bond donors (Lipinski definition) is 3. The van der Waals surface area contributed by atoms with E-state index in [1.807, 2.05) is 36.4 Å². The van der Waals surface area contributed by atoms with Crippen LogP contribution in [0.15, 0.2) is 59.6 Å². The van der Waals surface area contributed by atoms with Crippen molar-refractivity contribution >= 4 is 11.9 Å². The summed E-state index contributed by atoms with van der Waals surface area (Å²) >= 11 is 0. The number of nitrogens with zero attached hydrogens (tertiary/aromatic N) is 1. The van der Waals surface area contributed by atoms with E-state index in [2.05, 4.69) is 27.0 Å². The van der Waals surface area contributed by atoms with Gasteiger partial charge >= 0.3 is 0 Å². The van der Waals surface area contributed by atoms with Gasteiger partial charge in [0.25, 0.3) is 5.91 Å². The van der Waals surface area contributed by atoms with E-state index in [-0.39, 0.29) is 12.0 Å². The van der Waals surface area contributed by atoms with Gasteiger partial charge in [-0.3, -0.25) is 9.79 Å². The normalized spacial score (nSPS) is 15.7. The Morgan fingerprint density at radius 1 is 1.04 bits per heavy atom. The molecule has 1 amide bonds. The highest BCUT2D eigenvalue weighted by atomic mass is 16.5. The van der Waals surface area contributed by atoms with Crippen molar-refractivity contribution in [2.24, 2.45) is 4.99 Å². The van der Waals surface area contributed by atoms with Crippen molar-refractivity contribution in [3.63, 3.8) is 0 Å². The topological polar surface area (TPSA) is 74.8 Å². The highest BCUT2D eigenvalue weighted by Gasteiger charge is 2.22. The molecule has 0 radical (unpaired) electrons. The molecule has 1 atom stereocenters. The Kier molecular flexibility index (Phi) is 6.09. The minimum Gasteiger partial charge on any atom is -0.488 e. The van der Waals surface area contributed by atoms with Crippen molar-refractivity contribution < 1.29 is 9.53 Å². The zero-order chi connectivity index (χ0) is 18.2. The maximum atomic E-state index is 12.0. The predicted octanol–water partition coefficient (Wildman–Crippen LogP) is 1.59. The molecule has 1 unspecified atom stereocenters. The molecule has 2 aromatic carbocycles. The fraction of sp³-hybridized carbons (Fsp3) is 0.300. The Morgan fingerprint density at radius 2 is 1.77 bits per heavy atom. The summed E-state index contributed by atoms with van der Waals surface area (Å²) < 4.78 is 5.91. The Labute approximate surface area is 153 Å². The zero-order valence-corrected chi connectivity index (χ0v) is 14.9. The third-order valence-electron chi connectivity index (χ3n) is 4.17. The van der Waals surface area contributed by atoms with E-state index < -0.39 is 0 Å². The Hall–Kier alpha value is -3.02. The van der Waals surface area contributed by atoms with E-state index in [0.29, 0.717) is 31.2 Å². The van der Waals surface area contributed by atoms with Crippen molar-refractivity contribution in [2.45, 2.75) is 12.5 Å². The van der Waals surface area contributed by atoms with E-state index in [1.165, 1.54) is 5.56 Å². The summed E-state index contributed by atoms with van der Waals surface area (Å²) in [5, 5.41) is 9.34. The molecular formula is C20H24N4O2. The number of carbonyl (C=O) groups excluding carboxylic acids is 1. The molecule has 2 aromatic rings. The summed E-state index contributed by atoms with van der Waals surface area (Å²) in [6.45, 7) is 1.77. The summed E-state index contributed by atoms with van der Waals surface area (Å²) in [7, 11) is 1.72. The smallest absolute Gasteiger partial charge is 0.251 e. The van der Waals surface area contributed by atoms with E-state index >= 15 is 0 Å². The number of nitrogens with one attached hydrogen (secondary N) is 3. The second-order valence-electron chi connectivity index (χ2n) is 6.05. The van der Waals surface area contributed by atoms with Gasteiger partial charge in [0.05, 0.1) is 6.54 Å². The van der Waals surface area contributed by atoms with Crippen LogP contribution in [-0.4, -0.2) is 44.7 Å². The van der Waals surface area contributed by atoms with Gasteiger partial charge in [-0.25, -0.2) is 0 Å². The second kappa shape index (κ2) is 8.89. The second-order valence-corrected chi connectivity index (χ2v) is 6.05. The molecule has 0 spiro atoms. The van der Waals surface area contributed by atoms with Crippen molar-refractivity contribution in [3.8, 4) is 5.75 Å². The van der Waals surface area contributed by atoms with Crippen molar-refractivity contribution in [2.75, 3.05) is 26.7 Å². The van der Waals surface area contributed by atoms with Crippen LogP contribution in [0.3, 0.4) is 0 Å². The molecule has 136 valence electrons. The largest absolute Gasteiger partial charge is 0.488 e.